The highest BCUT2D eigenvalue weighted by atomic mass is 35.5. The molecular weight excluding hydrogens is 517 g/mol. The van der Waals surface area contributed by atoms with E-state index in [1.165, 1.54) is 17.0 Å². The molecule has 0 aliphatic heterocycles. The molecule has 0 fully saturated rings. The lowest BCUT2D eigenvalue weighted by molar-refractivity contribution is -0.132. The summed E-state index contributed by atoms with van der Waals surface area (Å²) in [6.45, 7) is 0.0799. The maximum absolute atomic E-state index is 15.4. The number of carbonyl (C=O) groups is 2. The zero-order valence-electron chi connectivity index (χ0n) is 20.6. The van der Waals surface area contributed by atoms with Crippen LogP contribution >= 0.6 is 11.6 Å². The Bertz CT molecular complexity index is 1250. The first-order chi connectivity index (χ1) is 18.4. The number of hydrogen-bond acceptors (Lipinski definition) is 7. The van der Waals surface area contributed by atoms with Crippen LogP contribution in [0.2, 0.25) is 5.02 Å². The topological polar surface area (TPSA) is 117 Å². The van der Waals surface area contributed by atoms with Gasteiger partial charge in [0.15, 0.2) is 6.29 Å². The van der Waals surface area contributed by atoms with Gasteiger partial charge in [0.1, 0.15) is 29.7 Å². The summed E-state index contributed by atoms with van der Waals surface area (Å²) in [6.07, 6.45) is 1.11. The summed E-state index contributed by atoms with van der Waals surface area (Å²) in [5.41, 5.74) is 1.20. The highest BCUT2D eigenvalue weighted by molar-refractivity contribution is 6.32. The van der Waals surface area contributed by atoms with Gasteiger partial charge >= 0.3 is 0 Å². The average Bonchev–Trinajstić information content (AvgIpc) is 2.92. The molecule has 8 nitrogen and oxygen atoms in total. The maximum atomic E-state index is 15.4. The lowest BCUT2D eigenvalue weighted by Gasteiger charge is -2.20. The highest BCUT2D eigenvalue weighted by Gasteiger charge is 2.15. The third-order valence-electron chi connectivity index (χ3n) is 5.71. The van der Waals surface area contributed by atoms with Crippen molar-refractivity contribution < 1.29 is 38.8 Å². The van der Waals surface area contributed by atoms with Crippen LogP contribution in [0.5, 0.6) is 17.2 Å². The van der Waals surface area contributed by atoms with Crippen LogP contribution in [0.25, 0.3) is 11.1 Å². The zero-order chi connectivity index (χ0) is 27.5. The van der Waals surface area contributed by atoms with E-state index in [1.807, 2.05) is 0 Å². The van der Waals surface area contributed by atoms with E-state index in [4.69, 9.17) is 31.3 Å². The molecule has 0 saturated heterocycles. The van der Waals surface area contributed by atoms with Crippen LogP contribution < -0.4 is 9.47 Å². The number of halogens is 2. The third kappa shape index (κ3) is 7.67. The summed E-state index contributed by atoms with van der Waals surface area (Å²) in [5.74, 6) is -0.335. The molecule has 0 aliphatic rings. The van der Waals surface area contributed by atoms with E-state index in [0.717, 1.165) is 0 Å². The molecule has 0 aliphatic carbocycles. The maximum Gasteiger partial charge on any atom is 0.222 e. The molecule has 0 spiro atoms. The number of hydrogen-bond donors (Lipinski definition) is 3. The Balaban J connectivity index is 1.63. The van der Waals surface area contributed by atoms with Gasteiger partial charge in [-0.2, -0.15) is 0 Å². The first-order valence-corrected chi connectivity index (χ1v) is 12.4. The number of aldehydes is 1. The first-order valence-electron chi connectivity index (χ1n) is 12.0. The highest BCUT2D eigenvalue weighted by Crippen LogP contribution is 2.33. The average molecular weight is 546 g/mol. The number of aliphatic hydroxyl groups excluding tert-OH is 2. The van der Waals surface area contributed by atoms with Crippen molar-refractivity contribution in [3.63, 3.8) is 0 Å². The van der Waals surface area contributed by atoms with E-state index in [9.17, 15) is 14.7 Å². The van der Waals surface area contributed by atoms with Crippen molar-refractivity contribution in [1.29, 1.82) is 0 Å². The van der Waals surface area contributed by atoms with Crippen molar-refractivity contribution in [3.05, 3.63) is 76.6 Å². The fourth-order valence-electron chi connectivity index (χ4n) is 3.76. The largest absolute Gasteiger partial charge is 0.507 e. The minimum atomic E-state index is -0.493. The molecular formula is C28H29ClFNO7. The number of phenols is 1. The molecule has 0 unspecified atom stereocenters. The number of ether oxygens (including phenoxy) is 2. The van der Waals surface area contributed by atoms with Crippen molar-refractivity contribution in [2.45, 2.75) is 19.4 Å². The fraction of sp³-hybridized carbons (Fsp3) is 0.286. The number of rotatable bonds is 14. The number of carbonyl (C=O) groups excluding carboxylic acids is 2. The SMILES string of the molecule is O=Cc1cc(Cl)c(OCc2cccc(-c3cccc(OCCCC(=O)N(CCO)CCO)c3)c2F)cc1O. The van der Waals surface area contributed by atoms with Crippen LogP contribution in [-0.4, -0.2) is 65.3 Å². The van der Waals surface area contributed by atoms with E-state index < -0.39 is 5.82 Å². The Morgan fingerprint density at radius 1 is 1.03 bits per heavy atom. The van der Waals surface area contributed by atoms with Crippen LogP contribution in [0.1, 0.15) is 28.8 Å². The summed E-state index contributed by atoms with van der Waals surface area (Å²) in [5, 5.41) is 28.1. The Labute approximate surface area is 224 Å². The Morgan fingerprint density at radius 3 is 2.47 bits per heavy atom. The molecule has 0 radical (unpaired) electrons. The summed E-state index contributed by atoms with van der Waals surface area (Å²) in [4.78, 5) is 24.5. The molecule has 3 N–H and O–H groups in total. The van der Waals surface area contributed by atoms with Gasteiger partial charge in [-0.25, -0.2) is 4.39 Å². The predicted molar refractivity (Wildman–Crippen MR) is 140 cm³/mol. The zero-order valence-corrected chi connectivity index (χ0v) is 21.4. The number of amides is 1. The quantitative estimate of drug-likeness (QED) is 0.205. The second kappa shape index (κ2) is 14.3. The molecule has 38 heavy (non-hydrogen) atoms. The first kappa shape index (κ1) is 28.9. The third-order valence-corrected chi connectivity index (χ3v) is 6.01. The van der Waals surface area contributed by atoms with Gasteiger partial charge in [0.25, 0.3) is 0 Å². The van der Waals surface area contributed by atoms with E-state index in [-0.39, 0.29) is 79.5 Å². The van der Waals surface area contributed by atoms with Crippen molar-refractivity contribution in [2.24, 2.45) is 0 Å². The van der Waals surface area contributed by atoms with Gasteiger partial charge in [-0.3, -0.25) is 9.59 Å². The molecule has 1 amide bonds. The predicted octanol–water partition coefficient (Wildman–Crippen LogP) is 4.22. The number of benzene rings is 3. The summed E-state index contributed by atoms with van der Waals surface area (Å²) < 4.78 is 26.7. The molecule has 0 bridgehead atoms. The fourth-order valence-corrected chi connectivity index (χ4v) is 3.99. The van der Waals surface area contributed by atoms with Crippen molar-refractivity contribution in [2.75, 3.05) is 32.9 Å². The van der Waals surface area contributed by atoms with Crippen LogP contribution in [-0.2, 0) is 11.4 Å². The summed E-state index contributed by atoms with van der Waals surface area (Å²) in [7, 11) is 0. The Morgan fingerprint density at radius 2 is 1.76 bits per heavy atom. The van der Waals surface area contributed by atoms with Gasteiger partial charge in [0.2, 0.25) is 5.91 Å². The van der Waals surface area contributed by atoms with Crippen molar-refractivity contribution >= 4 is 23.8 Å². The van der Waals surface area contributed by atoms with Gasteiger partial charge in [0.05, 0.1) is 30.4 Å². The smallest absolute Gasteiger partial charge is 0.222 e. The van der Waals surface area contributed by atoms with Gasteiger partial charge in [-0.05, 0) is 30.2 Å². The molecule has 10 heteroatoms. The Kier molecular flexibility index (Phi) is 10.9. The normalized spacial score (nSPS) is 10.7. The Hall–Kier alpha value is -3.66. The number of phenolic OH excluding ortho intramolecular Hbond substituents is 1. The van der Waals surface area contributed by atoms with Crippen LogP contribution in [0.15, 0.2) is 54.6 Å². The van der Waals surface area contributed by atoms with E-state index in [0.29, 0.717) is 29.6 Å². The molecule has 0 heterocycles. The minimum Gasteiger partial charge on any atom is -0.507 e. The van der Waals surface area contributed by atoms with Crippen LogP contribution in [0.3, 0.4) is 0 Å². The van der Waals surface area contributed by atoms with E-state index in [2.05, 4.69) is 0 Å². The van der Waals surface area contributed by atoms with Crippen LogP contribution in [0, 0.1) is 5.82 Å². The van der Waals surface area contributed by atoms with E-state index >= 15 is 4.39 Å². The summed E-state index contributed by atoms with van der Waals surface area (Å²) in [6, 6.07) is 14.3. The molecule has 0 aromatic heterocycles. The molecule has 202 valence electrons. The summed E-state index contributed by atoms with van der Waals surface area (Å²) >= 11 is 6.10. The van der Waals surface area contributed by atoms with Gasteiger partial charge in [-0.15, -0.1) is 0 Å². The number of aliphatic hydroxyl groups is 2. The minimum absolute atomic E-state index is 0.0228. The van der Waals surface area contributed by atoms with Crippen LogP contribution in [0.4, 0.5) is 4.39 Å². The monoisotopic (exact) mass is 545 g/mol. The second-order valence-corrected chi connectivity index (χ2v) is 8.74. The lowest BCUT2D eigenvalue weighted by Crippen LogP contribution is -2.35. The van der Waals surface area contributed by atoms with Gasteiger partial charge < -0.3 is 29.7 Å². The molecule has 3 aromatic rings. The lowest BCUT2D eigenvalue weighted by atomic mass is 10.0. The number of nitrogens with zero attached hydrogens (tertiary/aromatic N) is 1. The molecule has 0 atom stereocenters. The van der Waals surface area contributed by atoms with Gasteiger partial charge in [-0.1, -0.05) is 41.9 Å². The molecule has 0 saturated carbocycles. The van der Waals surface area contributed by atoms with Crippen molar-refractivity contribution in [3.8, 4) is 28.4 Å². The second-order valence-electron chi connectivity index (χ2n) is 8.33. The molecule has 3 rings (SSSR count). The number of aromatic hydroxyl groups is 1. The standard InChI is InChI=1S/C28H29ClFNO7/c29-24-15-21(17-34)25(35)16-26(24)38-18-20-5-2-7-23(28(20)30)19-4-1-6-22(14-19)37-13-3-8-27(36)31(9-11-32)10-12-33/h1-2,4-7,14-17,32-33,35H,3,8-13,18H2. The molecule has 3 aromatic carbocycles. The van der Waals surface area contributed by atoms with Gasteiger partial charge in [0, 0.05) is 36.7 Å². The van der Waals surface area contributed by atoms with E-state index in [1.54, 1.807) is 42.5 Å². The van der Waals surface area contributed by atoms with Crippen molar-refractivity contribution in [1.82, 2.24) is 4.90 Å².